The van der Waals surface area contributed by atoms with Crippen molar-refractivity contribution in [3.05, 3.63) is 52.7 Å². The fourth-order valence-corrected chi connectivity index (χ4v) is 4.90. The van der Waals surface area contributed by atoms with Gasteiger partial charge < -0.3 is 23.9 Å². The van der Waals surface area contributed by atoms with Gasteiger partial charge in [0.05, 0.1) is 12.7 Å². The maximum atomic E-state index is 9.90. The standard InChI is InChI=1S/C27H33ClN2O4/c1-18(2)7-10-32-22-3-4-25-23(12-22)20(14-29-8-5-21(31)6-9-29)16-30(25)15-19-11-26-27(13-24(19)28)34-17-33-26/h3-4,11-13,16,18,21,31H,5-10,14-15,17H2,1-2H3. The van der Waals surface area contributed by atoms with Crippen molar-refractivity contribution in [2.45, 2.75) is 52.3 Å². The second kappa shape index (κ2) is 10.1. The Kier molecular flexibility index (Phi) is 6.91. The largest absolute Gasteiger partial charge is 0.494 e. The molecule has 0 atom stereocenters. The summed E-state index contributed by atoms with van der Waals surface area (Å²) in [6.07, 6.45) is 4.75. The van der Waals surface area contributed by atoms with Crippen LogP contribution >= 0.6 is 11.6 Å². The van der Waals surface area contributed by atoms with E-state index in [1.165, 1.54) is 10.9 Å². The quantitative estimate of drug-likeness (QED) is 0.460. The summed E-state index contributed by atoms with van der Waals surface area (Å²) in [5.41, 5.74) is 3.40. The third kappa shape index (κ3) is 5.14. The zero-order valence-electron chi connectivity index (χ0n) is 19.9. The van der Waals surface area contributed by atoms with Crippen molar-refractivity contribution in [3.8, 4) is 17.2 Å². The Balaban J connectivity index is 1.45. The van der Waals surface area contributed by atoms with Crippen LogP contribution in [0.1, 0.15) is 44.2 Å². The highest BCUT2D eigenvalue weighted by Crippen LogP contribution is 2.38. The van der Waals surface area contributed by atoms with Crippen molar-refractivity contribution in [2.75, 3.05) is 26.5 Å². The summed E-state index contributed by atoms with van der Waals surface area (Å²) in [5.74, 6) is 2.95. The summed E-state index contributed by atoms with van der Waals surface area (Å²) in [4.78, 5) is 2.42. The Hall–Kier alpha value is -2.41. The van der Waals surface area contributed by atoms with Crippen molar-refractivity contribution in [1.29, 1.82) is 0 Å². The highest BCUT2D eigenvalue weighted by atomic mass is 35.5. The van der Waals surface area contributed by atoms with Gasteiger partial charge in [-0.3, -0.25) is 4.90 Å². The Morgan fingerprint density at radius 3 is 2.59 bits per heavy atom. The number of halogens is 1. The van der Waals surface area contributed by atoms with Gasteiger partial charge in [-0.1, -0.05) is 25.4 Å². The van der Waals surface area contributed by atoms with E-state index in [1.54, 1.807) is 0 Å². The van der Waals surface area contributed by atoms with Gasteiger partial charge >= 0.3 is 0 Å². The van der Waals surface area contributed by atoms with Gasteiger partial charge in [-0.2, -0.15) is 0 Å². The highest BCUT2D eigenvalue weighted by molar-refractivity contribution is 6.31. The molecule has 2 aliphatic rings. The molecule has 3 heterocycles. The number of rotatable bonds is 8. The molecule has 3 aromatic rings. The van der Waals surface area contributed by atoms with Gasteiger partial charge in [0, 0.05) is 54.4 Å². The number of piperidine rings is 1. The smallest absolute Gasteiger partial charge is 0.231 e. The summed E-state index contributed by atoms with van der Waals surface area (Å²) < 4.78 is 19.4. The van der Waals surface area contributed by atoms with Crippen LogP contribution < -0.4 is 14.2 Å². The van der Waals surface area contributed by atoms with Crippen LogP contribution in [-0.4, -0.2) is 47.2 Å². The van der Waals surface area contributed by atoms with E-state index in [4.69, 9.17) is 25.8 Å². The Bertz CT molecular complexity index is 1150. The van der Waals surface area contributed by atoms with Crippen LogP contribution in [0, 0.1) is 5.92 Å². The number of hydrogen-bond acceptors (Lipinski definition) is 5. The van der Waals surface area contributed by atoms with Crippen LogP contribution in [0.3, 0.4) is 0 Å². The van der Waals surface area contributed by atoms with E-state index in [1.807, 2.05) is 12.1 Å². The minimum absolute atomic E-state index is 0.174. The molecule has 7 heteroatoms. The van der Waals surface area contributed by atoms with Crippen LogP contribution in [-0.2, 0) is 13.1 Å². The van der Waals surface area contributed by atoms with E-state index in [-0.39, 0.29) is 12.9 Å². The molecule has 182 valence electrons. The van der Waals surface area contributed by atoms with Gasteiger partial charge in [0.25, 0.3) is 0 Å². The molecule has 1 N–H and O–H groups in total. The number of aliphatic hydroxyl groups is 1. The van der Waals surface area contributed by atoms with E-state index in [0.717, 1.165) is 68.1 Å². The molecule has 1 fully saturated rings. The lowest BCUT2D eigenvalue weighted by atomic mass is 10.1. The SMILES string of the molecule is CC(C)CCOc1ccc2c(c1)c(CN1CCC(O)CC1)cn2Cc1cc2c(cc1Cl)OCO2. The number of aromatic nitrogens is 1. The van der Waals surface area contributed by atoms with Gasteiger partial charge in [-0.25, -0.2) is 0 Å². The van der Waals surface area contributed by atoms with Crippen molar-refractivity contribution in [3.63, 3.8) is 0 Å². The molecule has 2 aromatic carbocycles. The molecule has 0 unspecified atom stereocenters. The predicted octanol–water partition coefficient (Wildman–Crippen LogP) is 5.45. The fraction of sp³-hybridized carbons (Fsp3) is 0.481. The van der Waals surface area contributed by atoms with Gasteiger partial charge in [-0.15, -0.1) is 0 Å². The lowest BCUT2D eigenvalue weighted by Crippen LogP contribution is -2.35. The third-order valence-corrected chi connectivity index (χ3v) is 7.08. The van der Waals surface area contributed by atoms with Crippen LogP contribution in [0.2, 0.25) is 5.02 Å². The van der Waals surface area contributed by atoms with Crippen LogP contribution in [0.4, 0.5) is 0 Å². The van der Waals surface area contributed by atoms with Gasteiger partial charge in [0.2, 0.25) is 6.79 Å². The summed E-state index contributed by atoms with van der Waals surface area (Å²) in [6, 6.07) is 10.2. The average molecular weight is 485 g/mol. The average Bonchev–Trinajstić information content (AvgIpc) is 3.39. The Morgan fingerprint density at radius 2 is 1.82 bits per heavy atom. The van der Waals surface area contributed by atoms with Crippen molar-refractivity contribution >= 4 is 22.5 Å². The molecule has 6 nitrogen and oxygen atoms in total. The van der Waals surface area contributed by atoms with Gasteiger partial charge in [0.1, 0.15) is 5.75 Å². The zero-order valence-corrected chi connectivity index (χ0v) is 20.7. The number of likely N-dealkylation sites (tertiary alicyclic amines) is 1. The second-order valence-corrected chi connectivity index (χ2v) is 10.2. The molecule has 1 saturated heterocycles. The molecule has 5 rings (SSSR count). The summed E-state index contributed by atoms with van der Waals surface area (Å²) in [7, 11) is 0. The number of fused-ring (bicyclic) bond motifs is 2. The zero-order chi connectivity index (χ0) is 23.7. The molecule has 0 radical (unpaired) electrons. The number of benzene rings is 2. The number of aliphatic hydroxyl groups excluding tert-OH is 1. The molecule has 0 bridgehead atoms. The maximum absolute atomic E-state index is 9.90. The first kappa shape index (κ1) is 23.3. The molecule has 1 aromatic heterocycles. The number of ether oxygens (including phenoxy) is 3. The lowest BCUT2D eigenvalue weighted by molar-refractivity contribution is 0.0794. The molecule has 34 heavy (non-hydrogen) atoms. The Morgan fingerprint density at radius 1 is 1.06 bits per heavy atom. The van der Waals surface area contributed by atoms with Crippen molar-refractivity contribution in [1.82, 2.24) is 9.47 Å². The summed E-state index contributed by atoms with van der Waals surface area (Å²) in [6.45, 7) is 8.67. The van der Waals surface area contributed by atoms with Gasteiger partial charge in [0.15, 0.2) is 11.5 Å². The highest BCUT2D eigenvalue weighted by Gasteiger charge is 2.21. The van der Waals surface area contributed by atoms with E-state index in [2.05, 4.69) is 47.7 Å². The second-order valence-electron chi connectivity index (χ2n) is 9.80. The van der Waals surface area contributed by atoms with E-state index in [0.29, 0.717) is 23.2 Å². The fourth-order valence-electron chi connectivity index (χ4n) is 4.69. The van der Waals surface area contributed by atoms with Crippen molar-refractivity contribution in [2.24, 2.45) is 5.92 Å². The third-order valence-electron chi connectivity index (χ3n) is 6.73. The van der Waals surface area contributed by atoms with Crippen LogP contribution in [0.5, 0.6) is 17.2 Å². The first-order valence-electron chi connectivity index (χ1n) is 12.2. The van der Waals surface area contributed by atoms with Crippen LogP contribution in [0.25, 0.3) is 10.9 Å². The Labute approximate surface area is 206 Å². The molecule has 0 aliphatic carbocycles. The maximum Gasteiger partial charge on any atom is 0.231 e. The van der Waals surface area contributed by atoms with Crippen molar-refractivity contribution < 1.29 is 19.3 Å². The van der Waals surface area contributed by atoms with E-state index in [9.17, 15) is 5.11 Å². The molecular weight excluding hydrogens is 452 g/mol. The number of nitrogens with zero attached hydrogens (tertiary/aromatic N) is 2. The van der Waals surface area contributed by atoms with E-state index >= 15 is 0 Å². The van der Waals surface area contributed by atoms with Crippen LogP contribution in [0.15, 0.2) is 36.5 Å². The van der Waals surface area contributed by atoms with E-state index < -0.39 is 0 Å². The van der Waals surface area contributed by atoms with Gasteiger partial charge in [-0.05, 0) is 60.6 Å². The minimum Gasteiger partial charge on any atom is -0.494 e. The normalized spacial score (nSPS) is 16.6. The molecule has 0 spiro atoms. The molecular formula is C27H33ClN2O4. The summed E-state index contributed by atoms with van der Waals surface area (Å²) >= 11 is 6.59. The topological polar surface area (TPSA) is 56.1 Å². The predicted molar refractivity (Wildman–Crippen MR) is 134 cm³/mol. The minimum atomic E-state index is -0.174. The lowest BCUT2D eigenvalue weighted by Gasteiger charge is -2.29. The first-order chi connectivity index (χ1) is 16.5. The molecule has 0 saturated carbocycles. The number of hydrogen-bond donors (Lipinski definition) is 1. The first-order valence-corrected chi connectivity index (χ1v) is 12.6. The molecule has 0 amide bonds. The molecule has 2 aliphatic heterocycles. The monoisotopic (exact) mass is 484 g/mol. The summed E-state index contributed by atoms with van der Waals surface area (Å²) in [5, 5.41) is 11.8.